The summed E-state index contributed by atoms with van der Waals surface area (Å²) in [5.41, 5.74) is 2.28. The summed E-state index contributed by atoms with van der Waals surface area (Å²) in [7, 11) is 0. The molecular weight excluding hydrogens is 367 g/mol. The lowest BCUT2D eigenvalue weighted by molar-refractivity contribution is -0.125. The van der Waals surface area contributed by atoms with Crippen molar-refractivity contribution in [2.75, 3.05) is 18.4 Å². The Labute approximate surface area is 168 Å². The summed E-state index contributed by atoms with van der Waals surface area (Å²) in [5, 5.41) is 3.83. The minimum atomic E-state index is -0.493. The van der Waals surface area contributed by atoms with Gasteiger partial charge in [-0.3, -0.25) is 4.79 Å². The second kappa shape index (κ2) is 7.72. The van der Waals surface area contributed by atoms with Crippen LogP contribution in [0.4, 0.5) is 15.9 Å². The fraction of sp³-hybridized carbons (Fsp3) is 0.174. The molecule has 1 aliphatic heterocycles. The number of halogens is 1. The molecular formula is C23H19FN4O. The predicted octanol–water partition coefficient (Wildman–Crippen LogP) is 4.00. The Morgan fingerprint density at radius 2 is 2.21 bits per heavy atom. The van der Waals surface area contributed by atoms with Gasteiger partial charge in [-0.25, -0.2) is 14.4 Å². The molecule has 29 heavy (non-hydrogen) atoms. The van der Waals surface area contributed by atoms with Gasteiger partial charge >= 0.3 is 0 Å². The molecule has 1 fully saturated rings. The van der Waals surface area contributed by atoms with Crippen LogP contribution in [0.1, 0.15) is 23.5 Å². The number of amides is 1. The molecule has 0 unspecified atom stereocenters. The maximum Gasteiger partial charge on any atom is 0.245 e. The van der Waals surface area contributed by atoms with E-state index in [4.69, 9.17) is 6.42 Å². The van der Waals surface area contributed by atoms with Gasteiger partial charge in [0.05, 0.1) is 16.8 Å². The van der Waals surface area contributed by atoms with Crippen LogP contribution in [0, 0.1) is 18.2 Å². The molecule has 0 saturated carbocycles. The van der Waals surface area contributed by atoms with Gasteiger partial charge in [-0.05, 0) is 42.3 Å². The number of hydrogen-bond donors (Lipinski definition) is 1. The van der Waals surface area contributed by atoms with Crippen LogP contribution in [0.5, 0.6) is 0 Å². The van der Waals surface area contributed by atoms with Crippen molar-refractivity contribution in [2.45, 2.75) is 12.3 Å². The van der Waals surface area contributed by atoms with Crippen LogP contribution >= 0.6 is 0 Å². The average molecular weight is 386 g/mol. The Hall–Kier alpha value is -3.72. The molecule has 1 amide bonds. The monoisotopic (exact) mass is 386 g/mol. The van der Waals surface area contributed by atoms with Crippen LogP contribution in [0.25, 0.3) is 10.9 Å². The fourth-order valence-corrected chi connectivity index (χ4v) is 3.66. The highest BCUT2D eigenvalue weighted by Gasteiger charge is 2.26. The second-order valence-corrected chi connectivity index (χ2v) is 6.91. The Morgan fingerprint density at radius 3 is 3.00 bits per heavy atom. The highest BCUT2D eigenvalue weighted by atomic mass is 19.1. The number of nitrogens with zero attached hydrogens (tertiary/aromatic N) is 3. The van der Waals surface area contributed by atoms with E-state index < -0.39 is 5.82 Å². The van der Waals surface area contributed by atoms with E-state index in [0.29, 0.717) is 18.9 Å². The van der Waals surface area contributed by atoms with Gasteiger partial charge in [0, 0.05) is 24.4 Å². The summed E-state index contributed by atoms with van der Waals surface area (Å²) in [5.74, 6) is 2.51. The summed E-state index contributed by atoms with van der Waals surface area (Å²) in [6, 6.07) is 10.8. The normalized spacial score (nSPS) is 15.9. The van der Waals surface area contributed by atoms with Crippen LogP contribution in [0.15, 0.2) is 55.4 Å². The summed E-state index contributed by atoms with van der Waals surface area (Å²) in [6.07, 6.45) is 9.02. The first-order valence-electron chi connectivity index (χ1n) is 9.29. The van der Waals surface area contributed by atoms with Crippen molar-refractivity contribution in [1.82, 2.24) is 14.9 Å². The van der Waals surface area contributed by atoms with Gasteiger partial charge in [0.2, 0.25) is 5.91 Å². The predicted molar refractivity (Wildman–Crippen MR) is 111 cm³/mol. The summed E-state index contributed by atoms with van der Waals surface area (Å²) in [4.78, 5) is 22.3. The minimum absolute atomic E-state index is 0.0529. The molecule has 5 nitrogen and oxygen atoms in total. The van der Waals surface area contributed by atoms with Gasteiger partial charge in [-0.2, -0.15) is 0 Å². The highest BCUT2D eigenvalue weighted by molar-refractivity contribution is 5.91. The largest absolute Gasteiger partial charge is 0.339 e. The van der Waals surface area contributed by atoms with Crippen molar-refractivity contribution in [2.24, 2.45) is 0 Å². The zero-order chi connectivity index (χ0) is 20.4. The molecule has 2 aromatic carbocycles. The number of nitrogens with one attached hydrogen (secondary N) is 1. The molecule has 1 aliphatic rings. The Bertz CT molecular complexity index is 1150. The van der Waals surface area contributed by atoms with Crippen molar-refractivity contribution in [3.05, 3.63) is 72.3 Å². The van der Waals surface area contributed by atoms with E-state index in [0.717, 1.165) is 22.9 Å². The van der Waals surface area contributed by atoms with Crippen molar-refractivity contribution in [3.8, 4) is 12.3 Å². The zero-order valence-electron chi connectivity index (χ0n) is 15.7. The number of likely N-dealkylation sites (tertiary alicyclic amines) is 1. The summed E-state index contributed by atoms with van der Waals surface area (Å²) < 4.78 is 14.5. The molecule has 0 radical (unpaired) electrons. The number of carbonyl (C=O) groups excluding carboxylic acids is 1. The first-order chi connectivity index (χ1) is 14.1. The van der Waals surface area contributed by atoms with E-state index in [-0.39, 0.29) is 23.1 Å². The molecule has 0 aliphatic carbocycles. The van der Waals surface area contributed by atoms with Crippen molar-refractivity contribution < 1.29 is 9.18 Å². The van der Waals surface area contributed by atoms with Gasteiger partial charge < -0.3 is 10.2 Å². The number of hydrogen-bond acceptors (Lipinski definition) is 4. The molecule has 6 heteroatoms. The number of rotatable bonds is 4. The first-order valence-corrected chi connectivity index (χ1v) is 9.29. The van der Waals surface area contributed by atoms with E-state index in [2.05, 4.69) is 27.8 Å². The van der Waals surface area contributed by atoms with E-state index >= 15 is 0 Å². The summed E-state index contributed by atoms with van der Waals surface area (Å²) >= 11 is 0. The number of terminal acetylenes is 1. The molecule has 1 atom stereocenters. The number of fused-ring (bicyclic) bond motifs is 1. The first kappa shape index (κ1) is 18.6. The van der Waals surface area contributed by atoms with E-state index in [1.165, 1.54) is 12.4 Å². The maximum absolute atomic E-state index is 14.5. The Kier molecular flexibility index (Phi) is 4.96. The highest BCUT2D eigenvalue weighted by Crippen LogP contribution is 2.32. The second-order valence-electron chi connectivity index (χ2n) is 6.91. The van der Waals surface area contributed by atoms with Crippen molar-refractivity contribution >= 4 is 28.3 Å². The molecule has 3 aromatic rings. The molecule has 0 bridgehead atoms. The van der Waals surface area contributed by atoms with E-state index in [1.807, 2.05) is 18.2 Å². The molecule has 1 N–H and O–H groups in total. The Morgan fingerprint density at radius 1 is 1.34 bits per heavy atom. The quantitative estimate of drug-likeness (QED) is 0.544. The van der Waals surface area contributed by atoms with Crippen LogP contribution in [-0.4, -0.2) is 33.9 Å². The third-order valence-electron chi connectivity index (χ3n) is 5.21. The average Bonchev–Trinajstić information content (AvgIpc) is 3.25. The lowest BCUT2D eigenvalue weighted by Gasteiger charge is -2.15. The maximum atomic E-state index is 14.5. The van der Waals surface area contributed by atoms with Gasteiger partial charge in [0.1, 0.15) is 12.1 Å². The van der Waals surface area contributed by atoms with Crippen LogP contribution in [0.3, 0.4) is 0 Å². The standard InChI is InChI=1S/C23H19FN4O/c1-3-15-6-5-7-20(22(15)24)27-23-18-12-16(8-9-19(18)25-14-26-23)17-10-11-28(13-17)21(29)4-2/h1,4-9,12,14,17H,2,10-11,13H2,(H,25,26,27)/t17-/m1/s1. The van der Waals surface area contributed by atoms with Crippen LogP contribution in [0.2, 0.25) is 0 Å². The third-order valence-corrected chi connectivity index (χ3v) is 5.21. The molecule has 144 valence electrons. The van der Waals surface area contributed by atoms with Gasteiger partial charge in [0.15, 0.2) is 5.82 Å². The fourth-order valence-electron chi connectivity index (χ4n) is 3.66. The molecule has 2 heterocycles. The lowest BCUT2D eigenvalue weighted by atomic mass is 9.97. The van der Waals surface area contributed by atoms with E-state index in [9.17, 15) is 9.18 Å². The SMILES string of the molecule is C#Cc1cccc(Nc2ncnc3ccc([C@@H]4CCN(C(=O)C=C)C4)cc23)c1F. The molecule has 0 spiro atoms. The topological polar surface area (TPSA) is 58.1 Å². The number of benzene rings is 2. The van der Waals surface area contributed by atoms with Crippen LogP contribution in [-0.2, 0) is 4.79 Å². The molecule has 1 saturated heterocycles. The van der Waals surface area contributed by atoms with Gasteiger partial charge in [-0.15, -0.1) is 6.42 Å². The lowest BCUT2D eigenvalue weighted by Crippen LogP contribution is -2.26. The van der Waals surface area contributed by atoms with Crippen molar-refractivity contribution in [1.29, 1.82) is 0 Å². The van der Waals surface area contributed by atoms with Crippen molar-refractivity contribution in [3.63, 3.8) is 0 Å². The summed E-state index contributed by atoms with van der Waals surface area (Å²) in [6.45, 7) is 4.90. The zero-order valence-corrected chi connectivity index (χ0v) is 15.7. The third kappa shape index (κ3) is 3.55. The smallest absolute Gasteiger partial charge is 0.245 e. The van der Waals surface area contributed by atoms with E-state index in [1.54, 1.807) is 23.1 Å². The number of aromatic nitrogens is 2. The van der Waals surface area contributed by atoms with Crippen LogP contribution < -0.4 is 5.32 Å². The minimum Gasteiger partial charge on any atom is -0.339 e. The van der Waals surface area contributed by atoms with Gasteiger partial charge in [0.25, 0.3) is 0 Å². The molecule has 4 rings (SSSR count). The van der Waals surface area contributed by atoms with Gasteiger partial charge in [-0.1, -0.05) is 24.6 Å². The number of carbonyl (C=O) groups is 1. The molecule has 1 aromatic heterocycles. The Balaban J connectivity index is 1.68. The number of anilines is 2.